The number of aryl methyl sites for hydroxylation is 1. The van der Waals surface area contributed by atoms with Gasteiger partial charge < -0.3 is 5.11 Å². The van der Waals surface area contributed by atoms with Crippen LogP contribution in [-0.2, 0) is 24.3 Å². The smallest absolute Gasteiger partial charge is 0.374 e. The van der Waals surface area contributed by atoms with Gasteiger partial charge in [-0.3, -0.25) is 10.3 Å². The number of pyridine rings is 1. The van der Waals surface area contributed by atoms with Crippen LogP contribution >= 0.6 is 0 Å². The summed E-state index contributed by atoms with van der Waals surface area (Å²) in [6, 6.07) is 21.1. The topological polar surface area (TPSA) is 45.2 Å². The first kappa shape index (κ1) is 27.3. The number of benzene rings is 3. The fourth-order valence-corrected chi connectivity index (χ4v) is 4.38. The van der Waals surface area contributed by atoms with Crippen LogP contribution in [0.2, 0.25) is 0 Å². The first-order valence-electron chi connectivity index (χ1n) is 11.7. The molecule has 2 N–H and O–H groups in total. The maximum absolute atomic E-state index is 13.7. The zero-order chi connectivity index (χ0) is 27.6. The summed E-state index contributed by atoms with van der Waals surface area (Å²) in [4.78, 5) is 4.45. The van der Waals surface area contributed by atoms with Gasteiger partial charge in [-0.2, -0.15) is 26.3 Å². The van der Waals surface area contributed by atoms with Crippen molar-refractivity contribution in [1.29, 1.82) is 0 Å². The summed E-state index contributed by atoms with van der Waals surface area (Å²) in [6.07, 6.45) is -9.43. The van der Waals surface area contributed by atoms with Gasteiger partial charge in [-0.15, -0.1) is 0 Å². The SMILES string of the molecule is Cc1ccnc(C(Cc2ccccc2)(NC(O)c2cccc(C(F)(F)F)c2)c2cccc(C(F)(F)F)c2)c1. The Morgan fingerprint density at radius 2 is 1.34 bits per heavy atom. The number of aliphatic hydroxyl groups excluding tert-OH is 1. The molecular weight excluding hydrogens is 506 g/mol. The third-order valence-electron chi connectivity index (χ3n) is 6.26. The van der Waals surface area contributed by atoms with Gasteiger partial charge in [0.2, 0.25) is 0 Å². The van der Waals surface area contributed by atoms with E-state index in [0.717, 1.165) is 35.9 Å². The van der Waals surface area contributed by atoms with Crippen LogP contribution < -0.4 is 5.32 Å². The van der Waals surface area contributed by atoms with E-state index < -0.39 is 35.2 Å². The van der Waals surface area contributed by atoms with Crippen molar-refractivity contribution in [2.45, 2.75) is 37.5 Å². The standard InChI is InChI=1S/C29H24F6N2O/c1-19-13-14-36-25(15-19)27(18-20-7-3-2-4-8-20,22-10-6-12-24(17-22)29(33,34)35)37-26(38)21-9-5-11-23(16-21)28(30,31)32/h2-17,26,37-38H,18H2,1H3. The summed E-state index contributed by atoms with van der Waals surface area (Å²) < 4.78 is 81.3. The second-order valence-corrected chi connectivity index (χ2v) is 9.03. The normalized spacial score (nSPS) is 14.6. The zero-order valence-electron chi connectivity index (χ0n) is 20.2. The van der Waals surface area contributed by atoms with Crippen LogP contribution in [0.4, 0.5) is 26.3 Å². The van der Waals surface area contributed by atoms with Gasteiger partial charge in [0.05, 0.1) is 22.4 Å². The minimum Gasteiger partial charge on any atom is -0.374 e. The average Bonchev–Trinajstić information content (AvgIpc) is 2.88. The molecule has 0 saturated heterocycles. The van der Waals surface area contributed by atoms with Crippen molar-refractivity contribution in [3.63, 3.8) is 0 Å². The van der Waals surface area contributed by atoms with Crippen LogP contribution in [0, 0.1) is 6.92 Å². The van der Waals surface area contributed by atoms with Gasteiger partial charge in [-0.05, 0) is 65.6 Å². The Morgan fingerprint density at radius 1 is 0.737 bits per heavy atom. The molecule has 1 heterocycles. The molecule has 4 aromatic rings. The molecule has 0 amide bonds. The molecule has 0 spiro atoms. The Morgan fingerprint density at radius 3 is 1.97 bits per heavy atom. The Balaban J connectivity index is 1.93. The van der Waals surface area contributed by atoms with Crippen molar-refractivity contribution in [2.24, 2.45) is 0 Å². The monoisotopic (exact) mass is 530 g/mol. The molecule has 2 unspecified atom stereocenters. The number of rotatable bonds is 7. The van der Waals surface area contributed by atoms with E-state index in [1.807, 2.05) is 0 Å². The first-order valence-corrected chi connectivity index (χ1v) is 11.7. The Hall–Kier alpha value is -3.69. The fourth-order valence-electron chi connectivity index (χ4n) is 4.38. The quantitative estimate of drug-likeness (QED) is 0.196. The fraction of sp³-hybridized carbons (Fsp3) is 0.207. The molecule has 1 aromatic heterocycles. The number of hydrogen-bond donors (Lipinski definition) is 2. The van der Waals surface area contributed by atoms with Crippen LogP contribution in [-0.4, -0.2) is 10.1 Å². The third kappa shape index (κ3) is 6.06. The molecule has 0 radical (unpaired) electrons. The van der Waals surface area contributed by atoms with E-state index in [4.69, 9.17) is 0 Å². The van der Waals surface area contributed by atoms with Crippen LogP contribution in [0.1, 0.15) is 45.3 Å². The molecule has 9 heteroatoms. The molecule has 198 valence electrons. The molecule has 4 rings (SSSR count). The van der Waals surface area contributed by atoms with E-state index in [2.05, 4.69) is 10.3 Å². The zero-order valence-corrected chi connectivity index (χ0v) is 20.2. The summed E-state index contributed by atoms with van der Waals surface area (Å²) >= 11 is 0. The Kier molecular flexibility index (Phi) is 7.62. The molecule has 0 aliphatic heterocycles. The van der Waals surface area contributed by atoms with Gasteiger partial charge in [-0.1, -0.05) is 54.6 Å². The molecule has 0 fully saturated rings. The highest BCUT2D eigenvalue weighted by atomic mass is 19.4. The number of halogens is 6. The summed E-state index contributed by atoms with van der Waals surface area (Å²) in [6.45, 7) is 1.79. The van der Waals surface area contributed by atoms with E-state index in [0.29, 0.717) is 11.3 Å². The Bertz CT molecular complexity index is 1390. The predicted octanol–water partition coefficient (Wildman–Crippen LogP) is 7.19. The minimum absolute atomic E-state index is 0.0433. The summed E-state index contributed by atoms with van der Waals surface area (Å²) in [5, 5.41) is 14.2. The van der Waals surface area contributed by atoms with Crippen molar-refractivity contribution in [3.8, 4) is 0 Å². The third-order valence-corrected chi connectivity index (χ3v) is 6.26. The van der Waals surface area contributed by atoms with Crippen LogP contribution in [0.25, 0.3) is 0 Å². The largest absolute Gasteiger partial charge is 0.416 e. The number of nitrogens with one attached hydrogen (secondary N) is 1. The second-order valence-electron chi connectivity index (χ2n) is 9.03. The molecule has 0 bridgehead atoms. The molecule has 0 aliphatic carbocycles. The highest BCUT2D eigenvalue weighted by molar-refractivity contribution is 5.42. The minimum atomic E-state index is -4.64. The van der Waals surface area contributed by atoms with Gasteiger partial charge in [0, 0.05) is 12.6 Å². The first-order chi connectivity index (χ1) is 17.9. The van der Waals surface area contributed by atoms with Crippen molar-refractivity contribution in [2.75, 3.05) is 0 Å². The lowest BCUT2D eigenvalue weighted by Crippen LogP contribution is -2.48. The molecule has 0 aliphatic rings. The molecule has 2 atom stereocenters. The van der Waals surface area contributed by atoms with Crippen molar-refractivity contribution in [3.05, 3.63) is 136 Å². The molecule has 38 heavy (non-hydrogen) atoms. The molecule has 0 saturated carbocycles. The Labute approximate surface area is 215 Å². The van der Waals surface area contributed by atoms with E-state index in [1.165, 1.54) is 24.4 Å². The maximum atomic E-state index is 13.7. The van der Waals surface area contributed by atoms with Crippen molar-refractivity contribution in [1.82, 2.24) is 10.3 Å². The van der Waals surface area contributed by atoms with E-state index >= 15 is 0 Å². The van der Waals surface area contributed by atoms with E-state index in [9.17, 15) is 31.4 Å². The number of hydrogen-bond acceptors (Lipinski definition) is 3. The van der Waals surface area contributed by atoms with Gasteiger partial charge in [0.25, 0.3) is 0 Å². The van der Waals surface area contributed by atoms with E-state index in [1.54, 1.807) is 49.4 Å². The molecular formula is C29H24F6N2O. The van der Waals surface area contributed by atoms with Gasteiger partial charge in [-0.25, -0.2) is 0 Å². The predicted molar refractivity (Wildman–Crippen MR) is 131 cm³/mol. The molecule has 3 nitrogen and oxygen atoms in total. The number of aromatic nitrogens is 1. The van der Waals surface area contributed by atoms with Gasteiger partial charge in [0.15, 0.2) is 0 Å². The summed E-state index contributed by atoms with van der Waals surface area (Å²) in [7, 11) is 0. The summed E-state index contributed by atoms with van der Waals surface area (Å²) in [5.41, 5.74) is -1.62. The number of aliphatic hydroxyl groups is 1. The number of alkyl halides is 6. The van der Waals surface area contributed by atoms with Crippen LogP contribution in [0.5, 0.6) is 0 Å². The van der Waals surface area contributed by atoms with Crippen LogP contribution in [0.15, 0.2) is 97.2 Å². The summed E-state index contributed by atoms with van der Waals surface area (Å²) in [5.74, 6) is 0. The molecule has 3 aromatic carbocycles. The lowest BCUT2D eigenvalue weighted by molar-refractivity contribution is -0.138. The van der Waals surface area contributed by atoms with E-state index in [-0.39, 0.29) is 17.5 Å². The maximum Gasteiger partial charge on any atom is 0.416 e. The average molecular weight is 531 g/mol. The van der Waals surface area contributed by atoms with Gasteiger partial charge in [0.1, 0.15) is 6.23 Å². The second kappa shape index (κ2) is 10.6. The lowest BCUT2D eigenvalue weighted by Gasteiger charge is -2.38. The lowest BCUT2D eigenvalue weighted by atomic mass is 9.79. The highest BCUT2D eigenvalue weighted by Gasteiger charge is 2.40. The highest BCUT2D eigenvalue weighted by Crippen LogP contribution is 2.39. The number of nitrogens with zero attached hydrogens (tertiary/aromatic N) is 1. The van der Waals surface area contributed by atoms with Crippen molar-refractivity contribution >= 4 is 0 Å². The van der Waals surface area contributed by atoms with Gasteiger partial charge >= 0.3 is 12.4 Å². The van der Waals surface area contributed by atoms with Crippen LogP contribution in [0.3, 0.4) is 0 Å². The van der Waals surface area contributed by atoms with Crippen molar-refractivity contribution < 1.29 is 31.4 Å².